The first-order valence-corrected chi connectivity index (χ1v) is 6.48. The molecule has 17 heavy (non-hydrogen) atoms. The molecule has 1 aromatic heterocycles. The molecule has 1 fully saturated rings. The minimum absolute atomic E-state index is 0.142. The molecule has 2 rings (SSSR count). The van der Waals surface area contributed by atoms with Gasteiger partial charge in [-0.3, -0.25) is 4.79 Å². The van der Waals surface area contributed by atoms with Crippen LogP contribution >= 0.6 is 15.9 Å². The van der Waals surface area contributed by atoms with Crippen molar-refractivity contribution in [2.24, 2.45) is 5.92 Å². The number of carbonyl (C=O) groups excluding carboxylic acids is 1. The second-order valence-corrected chi connectivity index (χ2v) is 5.02. The molecule has 0 spiro atoms. The molecule has 2 atom stereocenters. The van der Waals surface area contributed by atoms with E-state index in [1.165, 1.54) is 0 Å². The van der Waals surface area contributed by atoms with Crippen molar-refractivity contribution in [2.45, 2.75) is 19.4 Å². The van der Waals surface area contributed by atoms with Crippen LogP contribution < -0.4 is 5.32 Å². The summed E-state index contributed by atoms with van der Waals surface area (Å²) in [6, 6.07) is 3.59. The van der Waals surface area contributed by atoms with Crippen LogP contribution in [0, 0.1) is 5.92 Å². The maximum Gasteiger partial charge on any atom is 0.271 e. The smallest absolute Gasteiger partial charge is 0.271 e. The van der Waals surface area contributed by atoms with Crippen molar-refractivity contribution < 1.29 is 9.53 Å². The topological polar surface area (TPSA) is 51.2 Å². The summed E-state index contributed by atoms with van der Waals surface area (Å²) in [5.74, 6) is 0.262. The molecule has 4 nitrogen and oxygen atoms in total. The normalized spacial score (nSPS) is 23.6. The van der Waals surface area contributed by atoms with Crippen LogP contribution in [0.5, 0.6) is 0 Å². The molecule has 1 amide bonds. The Morgan fingerprint density at radius 2 is 2.53 bits per heavy atom. The van der Waals surface area contributed by atoms with E-state index in [0.29, 0.717) is 22.6 Å². The molecule has 1 saturated heterocycles. The van der Waals surface area contributed by atoms with Crippen molar-refractivity contribution in [1.82, 2.24) is 10.3 Å². The molecule has 5 heteroatoms. The third kappa shape index (κ3) is 3.04. The highest BCUT2D eigenvalue weighted by molar-refractivity contribution is 9.10. The molecule has 0 saturated carbocycles. The van der Waals surface area contributed by atoms with Crippen molar-refractivity contribution in [3.63, 3.8) is 0 Å². The van der Waals surface area contributed by atoms with Gasteiger partial charge in [0.15, 0.2) is 0 Å². The fourth-order valence-electron chi connectivity index (χ4n) is 1.90. The average Bonchev–Trinajstić information content (AvgIpc) is 2.72. The molecule has 0 radical (unpaired) electrons. The Labute approximate surface area is 109 Å². The molecule has 2 unspecified atom stereocenters. The van der Waals surface area contributed by atoms with Crippen molar-refractivity contribution in [3.8, 4) is 0 Å². The Morgan fingerprint density at radius 3 is 3.18 bits per heavy atom. The predicted molar refractivity (Wildman–Crippen MR) is 67.8 cm³/mol. The minimum atomic E-state index is -0.142. The molecule has 1 N–H and O–H groups in total. The van der Waals surface area contributed by atoms with E-state index in [1.807, 2.05) is 13.0 Å². The van der Waals surface area contributed by atoms with Crippen LogP contribution in [-0.4, -0.2) is 30.1 Å². The molecule has 92 valence electrons. The Hall–Kier alpha value is -0.940. The maximum absolute atomic E-state index is 11.9. The van der Waals surface area contributed by atoms with Crippen LogP contribution in [0.25, 0.3) is 0 Å². The number of nitrogens with one attached hydrogen (secondary N) is 1. The second-order valence-electron chi connectivity index (χ2n) is 4.17. The second kappa shape index (κ2) is 5.60. The summed E-state index contributed by atoms with van der Waals surface area (Å²) >= 11 is 3.31. The molecule has 0 bridgehead atoms. The Balaban J connectivity index is 1.91. The van der Waals surface area contributed by atoms with Gasteiger partial charge >= 0.3 is 0 Å². The highest BCUT2D eigenvalue weighted by atomic mass is 79.9. The minimum Gasteiger partial charge on any atom is -0.378 e. The monoisotopic (exact) mass is 298 g/mol. The summed E-state index contributed by atoms with van der Waals surface area (Å²) in [5.41, 5.74) is 0.430. The largest absolute Gasteiger partial charge is 0.378 e. The summed E-state index contributed by atoms with van der Waals surface area (Å²) in [6.45, 7) is 3.47. The van der Waals surface area contributed by atoms with Crippen LogP contribution in [0.1, 0.15) is 23.8 Å². The highest BCUT2D eigenvalue weighted by Gasteiger charge is 2.24. The average molecular weight is 299 g/mol. The van der Waals surface area contributed by atoms with E-state index in [4.69, 9.17) is 4.74 Å². The summed E-state index contributed by atoms with van der Waals surface area (Å²) in [4.78, 5) is 15.9. The SMILES string of the molecule is CC1OCCC1CNC(=O)c1ncccc1Br. The van der Waals surface area contributed by atoms with Gasteiger partial charge in [-0.25, -0.2) is 4.98 Å². The number of amides is 1. The highest BCUT2D eigenvalue weighted by Crippen LogP contribution is 2.19. The van der Waals surface area contributed by atoms with Gasteiger partial charge < -0.3 is 10.1 Å². The van der Waals surface area contributed by atoms with Gasteiger partial charge in [0.1, 0.15) is 5.69 Å². The Kier molecular flexibility index (Phi) is 4.12. The zero-order valence-corrected chi connectivity index (χ0v) is 11.2. The molecular formula is C12H15BrN2O2. The molecule has 1 aliphatic rings. The Bertz CT molecular complexity index is 411. The summed E-state index contributed by atoms with van der Waals surface area (Å²) in [7, 11) is 0. The maximum atomic E-state index is 11.9. The van der Waals surface area contributed by atoms with Crippen LogP contribution in [0.3, 0.4) is 0 Å². The Morgan fingerprint density at radius 1 is 1.71 bits per heavy atom. The van der Waals surface area contributed by atoms with Crippen molar-refractivity contribution >= 4 is 21.8 Å². The van der Waals surface area contributed by atoms with Gasteiger partial charge in [-0.1, -0.05) is 0 Å². The van der Waals surface area contributed by atoms with Crippen molar-refractivity contribution in [2.75, 3.05) is 13.2 Å². The van der Waals surface area contributed by atoms with Gasteiger partial charge in [-0.15, -0.1) is 0 Å². The number of hydrogen-bond donors (Lipinski definition) is 1. The van der Waals surface area contributed by atoms with Crippen molar-refractivity contribution in [3.05, 3.63) is 28.5 Å². The number of ether oxygens (including phenoxy) is 1. The van der Waals surface area contributed by atoms with E-state index in [0.717, 1.165) is 13.0 Å². The summed E-state index contributed by atoms with van der Waals surface area (Å²) in [5, 5.41) is 2.90. The third-order valence-corrected chi connectivity index (χ3v) is 3.67. The first-order chi connectivity index (χ1) is 8.18. The lowest BCUT2D eigenvalue weighted by atomic mass is 10.0. The number of aromatic nitrogens is 1. The predicted octanol–water partition coefficient (Wildman–Crippen LogP) is 2.00. The van der Waals surface area contributed by atoms with Crippen LogP contribution in [0.15, 0.2) is 22.8 Å². The lowest BCUT2D eigenvalue weighted by molar-refractivity contribution is 0.0902. The molecule has 1 aliphatic heterocycles. The van der Waals surface area contributed by atoms with E-state index >= 15 is 0 Å². The lowest BCUT2D eigenvalue weighted by Gasteiger charge is -2.14. The number of carbonyl (C=O) groups is 1. The zero-order chi connectivity index (χ0) is 12.3. The first kappa shape index (κ1) is 12.5. The summed E-state index contributed by atoms with van der Waals surface area (Å²) in [6.07, 6.45) is 2.84. The number of hydrogen-bond acceptors (Lipinski definition) is 3. The summed E-state index contributed by atoms with van der Waals surface area (Å²) < 4.78 is 6.17. The fourth-order valence-corrected chi connectivity index (χ4v) is 2.34. The van der Waals surface area contributed by atoms with Gasteiger partial charge in [0, 0.05) is 29.7 Å². The number of pyridine rings is 1. The van der Waals surface area contributed by atoms with Crippen molar-refractivity contribution in [1.29, 1.82) is 0 Å². The third-order valence-electron chi connectivity index (χ3n) is 3.03. The molecule has 0 aromatic carbocycles. The van der Waals surface area contributed by atoms with Gasteiger partial charge in [0.05, 0.1) is 6.10 Å². The standard InChI is InChI=1S/C12H15BrN2O2/c1-8-9(4-6-17-8)7-15-12(16)11-10(13)3-2-5-14-11/h2-3,5,8-9H,4,6-7H2,1H3,(H,15,16). The number of nitrogens with zero attached hydrogens (tertiary/aromatic N) is 1. The molecular weight excluding hydrogens is 284 g/mol. The van der Waals surface area contributed by atoms with E-state index in [-0.39, 0.29) is 12.0 Å². The van der Waals surface area contributed by atoms with Gasteiger partial charge in [0.25, 0.3) is 5.91 Å². The van der Waals surface area contributed by atoms with Crippen LogP contribution in [-0.2, 0) is 4.74 Å². The van der Waals surface area contributed by atoms with Crippen LogP contribution in [0.2, 0.25) is 0 Å². The van der Waals surface area contributed by atoms with E-state index in [1.54, 1.807) is 12.3 Å². The van der Waals surface area contributed by atoms with Gasteiger partial charge in [-0.2, -0.15) is 0 Å². The van der Waals surface area contributed by atoms with Gasteiger partial charge in [-0.05, 0) is 41.4 Å². The first-order valence-electron chi connectivity index (χ1n) is 5.69. The molecule has 1 aromatic rings. The van der Waals surface area contributed by atoms with E-state index < -0.39 is 0 Å². The number of rotatable bonds is 3. The van der Waals surface area contributed by atoms with E-state index in [9.17, 15) is 4.79 Å². The fraction of sp³-hybridized carbons (Fsp3) is 0.500. The quantitative estimate of drug-likeness (QED) is 0.928. The molecule has 0 aliphatic carbocycles. The van der Waals surface area contributed by atoms with Gasteiger partial charge in [0.2, 0.25) is 0 Å². The number of halogens is 1. The van der Waals surface area contributed by atoms with Crippen LogP contribution in [0.4, 0.5) is 0 Å². The zero-order valence-electron chi connectivity index (χ0n) is 9.65. The molecule has 2 heterocycles. The lowest BCUT2D eigenvalue weighted by Crippen LogP contribution is -2.32. The van der Waals surface area contributed by atoms with E-state index in [2.05, 4.69) is 26.2 Å².